The second-order valence-electron chi connectivity index (χ2n) is 7.67. The highest BCUT2D eigenvalue weighted by Crippen LogP contribution is 2.26. The minimum absolute atomic E-state index is 0.0942. The summed E-state index contributed by atoms with van der Waals surface area (Å²) in [5.41, 5.74) is 3.15. The first kappa shape index (κ1) is 20.7. The van der Waals surface area contributed by atoms with Gasteiger partial charge in [0.25, 0.3) is 5.91 Å². The third kappa shape index (κ3) is 4.48. The second kappa shape index (κ2) is 9.08. The molecule has 0 bridgehead atoms. The Bertz CT molecular complexity index is 1040. The molecule has 0 fully saturated rings. The molecule has 6 heteroatoms. The average molecular weight is 418 g/mol. The maximum atomic E-state index is 13.4. The number of rotatable bonds is 6. The molecular formula is C25H26N2O4. The number of benzene rings is 2. The van der Waals surface area contributed by atoms with Gasteiger partial charge in [0.2, 0.25) is 5.91 Å². The molecule has 2 heterocycles. The Morgan fingerprint density at radius 2 is 1.81 bits per heavy atom. The third-order valence-electron chi connectivity index (χ3n) is 5.56. The van der Waals surface area contributed by atoms with Crippen LogP contribution in [0.2, 0.25) is 0 Å². The number of nitrogens with zero attached hydrogens (tertiary/aromatic N) is 2. The van der Waals surface area contributed by atoms with Crippen molar-refractivity contribution < 1.29 is 18.7 Å². The highest BCUT2D eigenvalue weighted by Gasteiger charge is 2.37. The first-order chi connectivity index (χ1) is 15.1. The molecule has 0 spiro atoms. The molecule has 1 aliphatic heterocycles. The van der Waals surface area contributed by atoms with Crippen molar-refractivity contribution in [3.8, 4) is 5.75 Å². The Balaban J connectivity index is 1.55. The van der Waals surface area contributed by atoms with Gasteiger partial charge in [0.05, 0.1) is 12.9 Å². The van der Waals surface area contributed by atoms with Crippen molar-refractivity contribution in [3.63, 3.8) is 0 Å². The summed E-state index contributed by atoms with van der Waals surface area (Å²) in [7, 11) is 1.77. The number of ether oxygens (including phenoxy) is 1. The summed E-state index contributed by atoms with van der Waals surface area (Å²) in [4.78, 5) is 29.9. The van der Waals surface area contributed by atoms with Crippen LogP contribution in [0.25, 0.3) is 0 Å². The fourth-order valence-electron chi connectivity index (χ4n) is 3.96. The van der Waals surface area contributed by atoms with Crippen LogP contribution in [0.3, 0.4) is 0 Å². The molecule has 1 atom stereocenters. The van der Waals surface area contributed by atoms with Gasteiger partial charge in [-0.15, -0.1) is 0 Å². The van der Waals surface area contributed by atoms with Gasteiger partial charge >= 0.3 is 0 Å². The van der Waals surface area contributed by atoms with Crippen molar-refractivity contribution in [3.05, 3.63) is 89.4 Å². The zero-order valence-corrected chi connectivity index (χ0v) is 17.8. The van der Waals surface area contributed by atoms with E-state index >= 15 is 0 Å². The van der Waals surface area contributed by atoms with Crippen LogP contribution in [0.15, 0.2) is 71.3 Å². The summed E-state index contributed by atoms with van der Waals surface area (Å²) in [6.45, 7) is 3.38. The minimum Gasteiger partial charge on any atom is -0.494 e. The fraction of sp³-hybridized carbons (Fsp3) is 0.280. The third-order valence-corrected chi connectivity index (χ3v) is 5.56. The molecule has 0 radical (unpaired) electrons. The van der Waals surface area contributed by atoms with Crippen molar-refractivity contribution in [2.24, 2.45) is 0 Å². The van der Waals surface area contributed by atoms with Crippen LogP contribution in [0.1, 0.15) is 34.2 Å². The molecule has 0 saturated carbocycles. The lowest BCUT2D eigenvalue weighted by molar-refractivity contribution is -0.135. The van der Waals surface area contributed by atoms with E-state index in [0.717, 1.165) is 22.4 Å². The summed E-state index contributed by atoms with van der Waals surface area (Å²) in [5.74, 6) is 0.682. The van der Waals surface area contributed by atoms with E-state index in [-0.39, 0.29) is 17.6 Å². The van der Waals surface area contributed by atoms with E-state index < -0.39 is 6.04 Å². The molecule has 2 aromatic carbocycles. The number of hydrogen-bond acceptors (Lipinski definition) is 4. The zero-order chi connectivity index (χ0) is 21.8. The van der Waals surface area contributed by atoms with Gasteiger partial charge in [-0.05, 0) is 47.9 Å². The number of amides is 2. The van der Waals surface area contributed by atoms with Gasteiger partial charge in [-0.1, -0.05) is 36.4 Å². The van der Waals surface area contributed by atoms with Crippen LogP contribution < -0.4 is 4.74 Å². The first-order valence-electron chi connectivity index (χ1n) is 10.4. The Morgan fingerprint density at radius 3 is 2.48 bits per heavy atom. The molecule has 31 heavy (non-hydrogen) atoms. The summed E-state index contributed by atoms with van der Waals surface area (Å²) in [5, 5.41) is 0. The molecule has 1 aliphatic rings. The largest absolute Gasteiger partial charge is 0.494 e. The topological polar surface area (TPSA) is 63.0 Å². The number of furan rings is 1. The Hall–Kier alpha value is -3.54. The van der Waals surface area contributed by atoms with E-state index in [9.17, 15) is 9.59 Å². The van der Waals surface area contributed by atoms with Gasteiger partial charge < -0.3 is 19.0 Å². The van der Waals surface area contributed by atoms with E-state index in [1.807, 2.05) is 55.5 Å². The zero-order valence-electron chi connectivity index (χ0n) is 17.8. The van der Waals surface area contributed by atoms with E-state index in [1.165, 1.54) is 6.26 Å². The molecule has 4 rings (SSSR count). The lowest BCUT2D eigenvalue weighted by atomic mass is 9.93. The van der Waals surface area contributed by atoms with E-state index in [0.29, 0.717) is 26.1 Å². The minimum atomic E-state index is -0.583. The molecule has 2 amide bonds. The van der Waals surface area contributed by atoms with Crippen molar-refractivity contribution in [1.29, 1.82) is 0 Å². The maximum Gasteiger partial charge on any atom is 0.290 e. The van der Waals surface area contributed by atoms with Gasteiger partial charge in [-0.25, -0.2) is 0 Å². The molecule has 6 nitrogen and oxygen atoms in total. The maximum absolute atomic E-state index is 13.4. The van der Waals surface area contributed by atoms with Crippen LogP contribution in [0.5, 0.6) is 5.75 Å². The quantitative estimate of drug-likeness (QED) is 0.609. The van der Waals surface area contributed by atoms with Crippen molar-refractivity contribution in [2.75, 3.05) is 13.7 Å². The smallest absolute Gasteiger partial charge is 0.290 e. The van der Waals surface area contributed by atoms with E-state index in [2.05, 4.69) is 0 Å². The summed E-state index contributed by atoms with van der Waals surface area (Å²) in [6, 6.07) is 18.4. The highest BCUT2D eigenvalue weighted by molar-refractivity contribution is 5.96. The number of likely N-dealkylation sites (N-methyl/N-ethyl adjacent to an activating group) is 1. The molecule has 160 valence electrons. The molecule has 0 unspecified atom stereocenters. The van der Waals surface area contributed by atoms with Gasteiger partial charge in [0.1, 0.15) is 11.8 Å². The lowest BCUT2D eigenvalue weighted by Gasteiger charge is -2.37. The van der Waals surface area contributed by atoms with Crippen LogP contribution >= 0.6 is 0 Å². The fourth-order valence-corrected chi connectivity index (χ4v) is 3.96. The Labute approximate surface area is 182 Å². The summed E-state index contributed by atoms with van der Waals surface area (Å²) < 4.78 is 10.8. The number of carbonyl (C=O) groups excluding carboxylic acids is 2. The van der Waals surface area contributed by atoms with Crippen LogP contribution in [-0.2, 0) is 24.3 Å². The van der Waals surface area contributed by atoms with Gasteiger partial charge in [-0.3, -0.25) is 9.59 Å². The summed E-state index contributed by atoms with van der Waals surface area (Å²) in [6.07, 6.45) is 1.95. The normalized spacial score (nSPS) is 15.3. The monoisotopic (exact) mass is 418 g/mol. The lowest BCUT2D eigenvalue weighted by Crippen LogP contribution is -2.52. The predicted molar refractivity (Wildman–Crippen MR) is 117 cm³/mol. The van der Waals surface area contributed by atoms with Crippen molar-refractivity contribution >= 4 is 11.8 Å². The average Bonchev–Trinajstić information content (AvgIpc) is 3.33. The van der Waals surface area contributed by atoms with Crippen molar-refractivity contribution in [2.45, 2.75) is 32.5 Å². The van der Waals surface area contributed by atoms with Gasteiger partial charge in [-0.2, -0.15) is 0 Å². The Morgan fingerprint density at radius 1 is 1.06 bits per heavy atom. The number of fused-ring (bicyclic) bond motifs is 1. The predicted octanol–water partition coefficient (Wildman–Crippen LogP) is 3.90. The SMILES string of the molecule is CCOc1ccc(CN(C)C(=O)[C@H]2Cc3ccccc3CN2C(=O)c2ccco2)cc1. The standard InChI is InChI=1S/C25H26N2O4/c1-3-30-21-12-10-18(11-13-21)16-26(2)24(28)22-15-19-7-4-5-8-20(19)17-27(22)25(29)23-9-6-14-31-23/h4-14,22H,3,15-17H2,1-2H3/t22-/m1/s1. The van der Waals surface area contributed by atoms with E-state index in [1.54, 1.807) is 29.0 Å². The number of hydrogen-bond donors (Lipinski definition) is 0. The van der Waals surface area contributed by atoms with E-state index in [4.69, 9.17) is 9.15 Å². The van der Waals surface area contributed by atoms with Crippen LogP contribution in [-0.4, -0.2) is 41.3 Å². The first-order valence-corrected chi connectivity index (χ1v) is 10.4. The molecule has 0 N–H and O–H groups in total. The highest BCUT2D eigenvalue weighted by atomic mass is 16.5. The van der Waals surface area contributed by atoms with Crippen LogP contribution in [0.4, 0.5) is 0 Å². The van der Waals surface area contributed by atoms with Gasteiger partial charge in [0, 0.05) is 26.6 Å². The van der Waals surface area contributed by atoms with Gasteiger partial charge in [0.15, 0.2) is 5.76 Å². The molecule has 1 aromatic heterocycles. The molecular weight excluding hydrogens is 392 g/mol. The molecule has 3 aromatic rings. The van der Waals surface area contributed by atoms with Crippen molar-refractivity contribution in [1.82, 2.24) is 9.80 Å². The summed E-state index contributed by atoms with van der Waals surface area (Å²) >= 11 is 0. The van der Waals surface area contributed by atoms with Crippen LogP contribution in [0, 0.1) is 0 Å². The second-order valence-corrected chi connectivity index (χ2v) is 7.67. The molecule has 0 saturated heterocycles. The number of carbonyl (C=O) groups is 2. The Kier molecular flexibility index (Phi) is 6.07. The molecule has 0 aliphatic carbocycles.